The number of rotatable bonds is 7. The van der Waals surface area contributed by atoms with Gasteiger partial charge in [-0.15, -0.1) is 10.2 Å². The zero-order valence-electron chi connectivity index (χ0n) is 23.0. The van der Waals surface area contributed by atoms with Crippen molar-refractivity contribution in [2.75, 3.05) is 29.6 Å². The Labute approximate surface area is 243 Å². The van der Waals surface area contributed by atoms with Gasteiger partial charge < -0.3 is 14.7 Å². The lowest BCUT2D eigenvalue weighted by atomic mass is 9.94. The SMILES string of the molecule is CCOC(=O)N1c2ccc(C(F)(F)F)cc2N([C@H](c2cc(C(F)(F)F)cc(C(F)(F)F)c2)c2nnn(CCO)n2)C[C@H]1CC. The molecule has 18 heteroatoms. The van der Waals surface area contributed by atoms with Gasteiger partial charge in [0, 0.05) is 6.54 Å². The number of carbonyl (C=O) groups excluding carboxylic acids is 1. The lowest BCUT2D eigenvalue weighted by molar-refractivity contribution is -0.143. The molecule has 44 heavy (non-hydrogen) atoms. The number of aromatic nitrogens is 4. The van der Waals surface area contributed by atoms with E-state index in [1.165, 1.54) is 6.92 Å². The van der Waals surface area contributed by atoms with Gasteiger partial charge in [0.05, 0.1) is 53.9 Å². The molecule has 0 bridgehead atoms. The molecule has 9 nitrogen and oxygen atoms in total. The molecule has 4 rings (SSSR count). The zero-order chi connectivity index (χ0) is 32.6. The predicted octanol–water partition coefficient (Wildman–Crippen LogP) is 6.07. The summed E-state index contributed by atoms with van der Waals surface area (Å²) < 4.78 is 130. The highest BCUT2D eigenvalue weighted by molar-refractivity contribution is 5.95. The molecule has 0 spiro atoms. The van der Waals surface area contributed by atoms with Gasteiger partial charge in [0.15, 0.2) is 0 Å². The molecule has 2 atom stereocenters. The second-order valence-electron chi connectivity index (χ2n) is 9.69. The third-order valence-electron chi connectivity index (χ3n) is 6.83. The van der Waals surface area contributed by atoms with Gasteiger partial charge in [-0.25, -0.2) is 4.79 Å². The molecule has 2 aromatic carbocycles. The van der Waals surface area contributed by atoms with Gasteiger partial charge >= 0.3 is 24.6 Å². The second-order valence-corrected chi connectivity index (χ2v) is 9.69. The van der Waals surface area contributed by atoms with Gasteiger partial charge in [-0.3, -0.25) is 4.90 Å². The number of benzene rings is 2. The van der Waals surface area contributed by atoms with E-state index in [-0.39, 0.29) is 43.6 Å². The Balaban J connectivity index is 2.05. The molecule has 1 aliphatic heterocycles. The van der Waals surface area contributed by atoms with Gasteiger partial charge in [0.1, 0.15) is 6.04 Å². The number of aliphatic hydroxyl groups is 1. The van der Waals surface area contributed by atoms with Crippen LogP contribution in [0.3, 0.4) is 0 Å². The number of aliphatic hydroxyl groups excluding tert-OH is 1. The summed E-state index contributed by atoms with van der Waals surface area (Å²) in [5, 5.41) is 20.8. The quantitative estimate of drug-likeness (QED) is 0.313. The Bertz CT molecular complexity index is 1460. The minimum atomic E-state index is -5.24. The van der Waals surface area contributed by atoms with Crippen molar-refractivity contribution in [1.82, 2.24) is 20.2 Å². The van der Waals surface area contributed by atoms with Crippen LogP contribution in [0.5, 0.6) is 0 Å². The van der Waals surface area contributed by atoms with Gasteiger partial charge in [-0.1, -0.05) is 6.92 Å². The van der Waals surface area contributed by atoms with Gasteiger partial charge in [-0.05, 0) is 60.5 Å². The van der Waals surface area contributed by atoms with Gasteiger partial charge in [0.2, 0.25) is 5.82 Å². The first-order chi connectivity index (χ1) is 20.5. The third kappa shape index (κ3) is 6.68. The van der Waals surface area contributed by atoms with E-state index in [0.717, 1.165) is 20.7 Å². The predicted molar refractivity (Wildman–Crippen MR) is 136 cm³/mol. The summed E-state index contributed by atoms with van der Waals surface area (Å²) >= 11 is 0. The van der Waals surface area contributed by atoms with E-state index >= 15 is 0 Å². The van der Waals surface area contributed by atoms with Gasteiger partial charge in [-0.2, -0.15) is 44.3 Å². The highest BCUT2D eigenvalue weighted by atomic mass is 19.4. The molecule has 0 saturated heterocycles. The van der Waals surface area contributed by atoms with E-state index in [0.29, 0.717) is 24.3 Å². The van der Waals surface area contributed by atoms with E-state index in [1.807, 2.05) is 0 Å². The van der Waals surface area contributed by atoms with Gasteiger partial charge in [0.25, 0.3) is 0 Å². The van der Waals surface area contributed by atoms with Crippen molar-refractivity contribution in [3.63, 3.8) is 0 Å². The lowest BCUT2D eigenvalue weighted by Crippen LogP contribution is -2.53. The molecule has 0 saturated carbocycles. The van der Waals surface area contributed by atoms with Crippen LogP contribution in [-0.2, 0) is 29.8 Å². The Kier molecular flexibility index (Phi) is 9.04. The number of fused-ring (bicyclic) bond motifs is 1. The first-order valence-corrected chi connectivity index (χ1v) is 13.1. The maximum absolute atomic E-state index is 13.9. The Morgan fingerprint density at radius 1 is 0.932 bits per heavy atom. The summed E-state index contributed by atoms with van der Waals surface area (Å²) in [6, 6.07) is 0.462. The summed E-state index contributed by atoms with van der Waals surface area (Å²) in [5.41, 5.74) is -5.68. The fourth-order valence-corrected chi connectivity index (χ4v) is 4.89. The normalized spacial score (nSPS) is 16.6. The number of amides is 1. The number of tetrazole rings is 1. The molecule has 1 aliphatic rings. The Morgan fingerprint density at radius 2 is 1.55 bits per heavy atom. The van der Waals surface area contributed by atoms with Crippen LogP contribution in [0.4, 0.5) is 55.7 Å². The number of carbonyl (C=O) groups is 1. The monoisotopic (exact) mass is 640 g/mol. The molecule has 0 unspecified atom stereocenters. The topological polar surface area (TPSA) is 96.6 Å². The van der Waals surface area contributed by atoms with Crippen molar-refractivity contribution in [1.29, 1.82) is 0 Å². The second kappa shape index (κ2) is 12.1. The van der Waals surface area contributed by atoms with E-state index in [4.69, 9.17) is 4.74 Å². The molecule has 0 aliphatic carbocycles. The standard InChI is InChI=1S/C26H25F9N6O3/c1-3-18-13-39(20-12-15(24(27,28)29)5-6-19(20)41(18)23(43)44-4-2)21(22-36-38-40(37-22)7-8-42)14-9-16(25(30,31)32)11-17(10-14)26(33,34)35/h5-6,9-12,18,21,42H,3-4,7-8,13H2,1-2H3/t18-,21-/m1/s1. The summed E-state index contributed by atoms with van der Waals surface area (Å²) in [7, 11) is 0. The number of halogens is 9. The molecule has 2 heterocycles. The number of nitrogens with zero attached hydrogens (tertiary/aromatic N) is 6. The largest absolute Gasteiger partial charge is 0.449 e. The van der Waals surface area contributed by atoms with Crippen molar-refractivity contribution in [3.05, 3.63) is 64.5 Å². The molecule has 240 valence electrons. The highest BCUT2D eigenvalue weighted by Gasteiger charge is 2.44. The molecular formula is C26H25F9N6O3. The number of hydrogen-bond acceptors (Lipinski definition) is 7. The number of alkyl halides is 9. The van der Waals surface area contributed by atoms with Crippen molar-refractivity contribution in [2.45, 2.75) is 57.4 Å². The summed E-state index contributed by atoms with van der Waals surface area (Å²) in [4.78, 5) is 16.0. The fourth-order valence-electron chi connectivity index (χ4n) is 4.89. The van der Waals surface area contributed by atoms with Crippen molar-refractivity contribution < 1.29 is 54.2 Å². The van der Waals surface area contributed by atoms with Crippen molar-refractivity contribution in [2.24, 2.45) is 0 Å². The maximum atomic E-state index is 13.9. The van der Waals surface area contributed by atoms with Crippen molar-refractivity contribution in [3.8, 4) is 0 Å². The summed E-state index contributed by atoms with van der Waals surface area (Å²) in [6.45, 7) is 1.92. The minimum Gasteiger partial charge on any atom is -0.449 e. The summed E-state index contributed by atoms with van der Waals surface area (Å²) in [6.07, 6.45) is -16.1. The van der Waals surface area contributed by atoms with Crippen LogP contribution >= 0.6 is 0 Å². The smallest absolute Gasteiger partial charge is 0.416 e. The van der Waals surface area contributed by atoms with Crippen LogP contribution in [0.15, 0.2) is 36.4 Å². The first-order valence-electron chi connectivity index (χ1n) is 13.1. The fraction of sp³-hybridized carbons (Fsp3) is 0.462. The molecule has 1 amide bonds. The lowest BCUT2D eigenvalue weighted by Gasteiger charge is -2.45. The first kappa shape index (κ1) is 32.8. The van der Waals surface area contributed by atoms with E-state index in [1.54, 1.807) is 6.92 Å². The minimum absolute atomic E-state index is 0.0835. The average Bonchev–Trinajstić information content (AvgIpc) is 3.39. The number of anilines is 2. The summed E-state index contributed by atoms with van der Waals surface area (Å²) in [5.74, 6) is -0.464. The Hall–Kier alpha value is -4.09. The number of hydrogen-bond donors (Lipinski definition) is 1. The molecular weight excluding hydrogens is 615 g/mol. The van der Waals surface area contributed by atoms with E-state index in [9.17, 15) is 49.4 Å². The molecule has 0 fully saturated rings. The molecule has 3 aromatic rings. The highest BCUT2D eigenvalue weighted by Crippen LogP contribution is 2.47. The Morgan fingerprint density at radius 3 is 2.07 bits per heavy atom. The maximum Gasteiger partial charge on any atom is 0.416 e. The van der Waals surface area contributed by atoms with Crippen LogP contribution in [0.2, 0.25) is 0 Å². The van der Waals surface area contributed by atoms with Crippen LogP contribution in [0, 0.1) is 0 Å². The molecule has 0 radical (unpaired) electrons. The van der Waals surface area contributed by atoms with Crippen molar-refractivity contribution >= 4 is 17.5 Å². The number of ether oxygens (including phenoxy) is 1. The van der Waals surface area contributed by atoms with Crippen LogP contribution in [0.25, 0.3) is 0 Å². The van der Waals surface area contributed by atoms with Crippen LogP contribution < -0.4 is 9.80 Å². The van der Waals surface area contributed by atoms with Crippen LogP contribution in [-0.4, -0.2) is 57.2 Å². The average molecular weight is 641 g/mol. The third-order valence-corrected chi connectivity index (χ3v) is 6.83. The zero-order valence-corrected chi connectivity index (χ0v) is 23.0. The molecule has 1 N–H and O–H groups in total. The van der Waals surface area contributed by atoms with Crippen LogP contribution in [0.1, 0.15) is 54.4 Å². The molecule has 1 aromatic heterocycles. The van der Waals surface area contributed by atoms with E-state index < -0.39 is 71.4 Å². The van der Waals surface area contributed by atoms with E-state index in [2.05, 4.69) is 15.4 Å².